The smallest absolute Gasteiger partial charge is 0.289 e. The Bertz CT molecular complexity index is 1270. The Morgan fingerprint density at radius 2 is 1.87 bits per heavy atom. The van der Waals surface area contributed by atoms with E-state index in [1.807, 2.05) is 44.2 Å². The molecule has 2 N–H and O–H groups in total. The van der Waals surface area contributed by atoms with E-state index in [4.69, 9.17) is 0 Å². The van der Waals surface area contributed by atoms with Crippen molar-refractivity contribution in [2.45, 2.75) is 76.9 Å². The number of carbonyl (C=O) groups excluding carboxylic acids is 3. The van der Waals surface area contributed by atoms with Crippen molar-refractivity contribution in [3.8, 4) is 0 Å². The van der Waals surface area contributed by atoms with E-state index in [0.717, 1.165) is 16.8 Å². The summed E-state index contributed by atoms with van der Waals surface area (Å²) in [4.78, 5) is 42.8. The number of aryl methyl sites for hydroxylation is 1. The van der Waals surface area contributed by atoms with Crippen LogP contribution in [0.25, 0.3) is 0 Å². The van der Waals surface area contributed by atoms with Gasteiger partial charge in [0.2, 0.25) is 17.6 Å². The Balaban J connectivity index is 1.44. The van der Waals surface area contributed by atoms with E-state index < -0.39 is 29.6 Å². The fraction of sp³-hybridized carbons (Fsp3) is 0.444. The molecule has 1 aliphatic rings. The summed E-state index contributed by atoms with van der Waals surface area (Å²) < 4.78 is 28.9. The van der Waals surface area contributed by atoms with Gasteiger partial charge >= 0.3 is 0 Å². The Kier molecular flexibility index (Phi) is 8.65. The van der Waals surface area contributed by atoms with Crippen LogP contribution in [0.2, 0.25) is 0 Å². The highest BCUT2D eigenvalue weighted by atomic mass is 32.1. The normalized spacial score (nSPS) is 16.1. The molecule has 1 aromatic carbocycles. The molecule has 2 amide bonds. The third kappa shape index (κ3) is 6.89. The number of carbonyl (C=O) groups is 3. The van der Waals surface area contributed by atoms with Gasteiger partial charge in [0.05, 0.1) is 12.2 Å². The molecule has 2 aromatic heterocycles. The van der Waals surface area contributed by atoms with E-state index in [-0.39, 0.29) is 38.3 Å². The lowest BCUT2D eigenvalue weighted by atomic mass is 9.81. The molecule has 0 unspecified atom stereocenters. The number of nitrogens with zero attached hydrogens (tertiary/aromatic N) is 3. The van der Waals surface area contributed by atoms with Gasteiger partial charge in [-0.15, -0.1) is 11.3 Å². The average Bonchev–Trinajstić information content (AvgIpc) is 3.50. The number of benzene rings is 1. The molecule has 4 rings (SSSR count). The van der Waals surface area contributed by atoms with E-state index in [1.54, 1.807) is 16.3 Å². The first-order valence-electron chi connectivity index (χ1n) is 12.6. The molecule has 2 heterocycles. The van der Waals surface area contributed by atoms with Gasteiger partial charge in [-0.05, 0) is 43.7 Å². The highest BCUT2D eigenvalue weighted by molar-refractivity contribution is 7.09. The molecule has 0 saturated heterocycles. The minimum absolute atomic E-state index is 0.0274. The zero-order chi connectivity index (χ0) is 27.3. The fourth-order valence-corrected chi connectivity index (χ4v) is 5.52. The number of hydrogen-bond donors (Lipinski definition) is 2. The van der Waals surface area contributed by atoms with Crippen molar-refractivity contribution in [3.63, 3.8) is 0 Å². The first-order chi connectivity index (χ1) is 18.1. The molecule has 0 spiro atoms. The maximum atomic E-state index is 13.7. The molecule has 3 aromatic rings. The average molecular weight is 544 g/mol. The van der Waals surface area contributed by atoms with Crippen LogP contribution in [-0.2, 0) is 33.9 Å². The molecule has 1 atom stereocenters. The molecule has 202 valence electrons. The Morgan fingerprint density at radius 1 is 1.16 bits per heavy atom. The van der Waals surface area contributed by atoms with Crippen molar-refractivity contribution in [3.05, 3.63) is 69.4 Å². The summed E-state index contributed by atoms with van der Waals surface area (Å²) in [5, 5.41) is 12.2. The zero-order valence-corrected chi connectivity index (χ0v) is 22.2. The monoisotopic (exact) mass is 543 g/mol. The zero-order valence-electron chi connectivity index (χ0n) is 21.4. The maximum absolute atomic E-state index is 13.7. The summed E-state index contributed by atoms with van der Waals surface area (Å²) in [6.07, 6.45) is 2.19. The second-order valence-electron chi connectivity index (χ2n) is 9.65. The molecule has 0 radical (unpaired) electrons. The fourth-order valence-electron chi connectivity index (χ4n) is 4.96. The van der Waals surface area contributed by atoms with Gasteiger partial charge in [0.1, 0.15) is 17.6 Å². The van der Waals surface area contributed by atoms with Crippen molar-refractivity contribution < 1.29 is 23.2 Å². The number of hydrogen-bond acceptors (Lipinski definition) is 6. The topological polar surface area (TPSA) is 106 Å². The molecule has 8 nitrogen and oxygen atoms in total. The van der Waals surface area contributed by atoms with Gasteiger partial charge in [-0.1, -0.05) is 30.3 Å². The van der Waals surface area contributed by atoms with Gasteiger partial charge in [-0.2, -0.15) is 5.10 Å². The number of nitrogens with one attached hydrogen (secondary N) is 2. The summed E-state index contributed by atoms with van der Waals surface area (Å²) in [7, 11) is 0. The van der Waals surface area contributed by atoms with Crippen LogP contribution in [0.4, 0.5) is 8.78 Å². The summed E-state index contributed by atoms with van der Waals surface area (Å²) in [6, 6.07) is 8.05. The first kappa shape index (κ1) is 27.6. The van der Waals surface area contributed by atoms with E-state index in [9.17, 15) is 23.2 Å². The molecule has 1 saturated carbocycles. The summed E-state index contributed by atoms with van der Waals surface area (Å²) in [6.45, 7) is 3.61. The minimum Gasteiger partial charge on any atom is -0.344 e. The van der Waals surface area contributed by atoms with Gasteiger partial charge in [-0.25, -0.2) is 13.8 Å². The van der Waals surface area contributed by atoms with Crippen LogP contribution in [0, 0.1) is 13.8 Å². The second-order valence-corrected chi connectivity index (χ2v) is 10.6. The highest BCUT2D eigenvalue weighted by Crippen LogP contribution is 2.42. The van der Waals surface area contributed by atoms with E-state index in [0.29, 0.717) is 23.5 Å². The van der Waals surface area contributed by atoms with Crippen molar-refractivity contribution in [1.29, 1.82) is 0 Å². The maximum Gasteiger partial charge on any atom is 0.289 e. The lowest BCUT2D eigenvalue weighted by Crippen LogP contribution is -2.49. The third-order valence-electron chi connectivity index (χ3n) is 6.90. The number of halogens is 2. The van der Waals surface area contributed by atoms with Gasteiger partial charge < -0.3 is 10.6 Å². The predicted octanol–water partition coefficient (Wildman–Crippen LogP) is 3.86. The molecule has 38 heavy (non-hydrogen) atoms. The van der Waals surface area contributed by atoms with Crippen LogP contribution in [0.3, 0.4) is 0 Å². The van der Waals surface area contributed by atoms with Crippen LogP contribution in [0.15, 0.2) is 41.9 Å². The molecule has 11 heteroatoms. The number of thiazole rings is 1. The van der Waals surface area contributed by atoms with E-state index in [2.05, 4.69) is 20.7 Å². The van der Waals surface area contributed by atoms with Crippen molar-refractivity contribution in [2.75, 3.05) is 0 Å². The lowest BCUT2D eigenvalue weighted by molar-refractivity contribution is -0.140. The Labute approximate surface area is 223 Å². The highest BCUT2D eigenvalue weighted by Gasteiger charge is 2.37. The minimum atomic E-state index is -2.62. The second kappa shape index (κ2) is 11.9. The van der Waals surface area contributed by atoms with Crippen LogP contribution < -0.4 is 10.6 Å². The number of aromatic nitrogens is 3. The number of alkyl halides is 2. The molecule has 0 aliphatic heterocycles. The number of Topliss-reactive ketones (excluding diaryl/α,β-unsaturated/α-hetero) is 1. The predicted molar refractivity (Wildman–Crippen MR) is 139 cm³/mol. The Morgan fingerprint density at radius 3 is 2.53 bits per heavy atom. The van der Waals surface area contributed by atoms with Crippen LogP contribution in [0.5, 0.6) is 0 Å². The van der Waals surface area contributed by atoms with Gasteiger partial charge in [0, 0.05) is 36.5 Å². The van der Waals surface area contributed by atoms with Crippen LogP contribution in [-0.4, -0.2) is 44.3 Å². The quantitative estimate of drug-likeness (QED) is 0.378. The lowest BCUT2D eigenvalue weighted by Gasteiger charge is -2.28. The van der Waals surface area contributed by atoms with Crippen molar-refractivity contribution >= 4 is 28.9 Å². The third-order valence-corrected chi connectivity index (χ3v) is 7.68. The van der Waals surface area contributed by atoms with Gasteiger partial charge in [-0.3, -0.25) is 19.1 Å². The molecule has 0 bridgehead atoms. The molecular weight excluding hydrogens is 512 g/mol. The van der Waals surface area contributed by atoms with Crippen LogP contribution in [0.1, 0.15) is 59.1 Å². The number of rotatable bonds is 10. The van der Waals surface area contributed by atoms with E-state index >= 15 is 0 Å². The van der Waals surface area contributed by atoms with Crippen molar-refractivity contribution in [2.24, 2.45) is 0 Å². The van der Waals surface area contributed by atoms with E-state index in [1.165, 1.54) is 11.3 Å². The van der Waals surface area contributed by atoms with Gasteiger partial charge in [0.15, 0.2) is 0 Å². The summed E-state index contributed by atoms with van der Waals surface area (Å²) in [5.41, 5.74) is 3.16. The SMILES string of the molecule is Cc1nn(CC(=O)N[C@H](Cc2ccccc2)C(=O)C(=O)NCc2nccs2)c(C)c1C1CCC(F)(F)CC1. The molecular formula is C27H31F2N5O3S. The number of amides is 2. The molecule has 1 aliphatic carbocycles. The first-order valence-corrected chi connectivity index (χ1v) is 13.5. The van der Waals surface area contributed by atoms with Crippen molar-refractivity contribution in [1.82, 2.24) is 25.4 Å². The summed E-state index contributed by atoms with van der Waals surface area (Å²) in [5.74, 6) is -4.68. The Hall–Kier alpha value is -3.47. The largest absolute Gasteiger partial charge is 0.344 e. The summed E-state index contributed by atoms with van der Waals surface area (Å²) >= 11 is 1.36. The molecule has 1 fully saturated rings. The van der Waals surface area contributed by atoms with Gasteiger partial charge in [0.25, 0.3) is 5.91 Å². The number of ketones is 1. The standard InChI is InChI=1S/C27H31F2N5O3S/c1-17-24(20-8-10-27(28,29)11-9-20)18(2)34(33-17)16-22(35)32-21(14-19-6-4-3-5-7-19)25(36)26(37)31-15-23-30-12-13-38-23/h3-7,12-13,20-21H,8-11,14-16H2,1-2H3,(H,31,37)(H,32,35)/t21-/m1/s1. The van der Waals surface area contributed by atoms with Crippen LogP contribution >= 0.6 is 11.3 Å².